The molecule has 2 aliphatic heterocycles. The van der Waals surface area contributed by atoms with Crippen LogP contribution in [-0.4, -0.2) is 69.7 Å². The molecule has 3 N–H and O–H groups in total. The number of carbonyl (C=O) groups is 1. The molecule has 2 saturated heterocycles. The third-order valence-electron chi connectivity index (χ3n) is 5.19. The number of nitrogens with zero attached hydrogens (tertiary/aromatic N) is 4. The molecular weight excluding hydrogens is 450 g/mol. The number of nitrogens with one attached hydrogen (secondary N) is 1. The molecular formula is C17H24FN6O7P. The molecule has 4 heterocycles. The zero-order chi connectivity index (χ0) is 23.3. The fourth-order valence-corrected chi connectivity index (χ4v) is 5.47. The molecule has 0 aliphatic carbocycles. The number of imidazole rings is 1. The highest BCUT2D eigenvalue weighted by atomic mass is 31.2. The highest BCUT2D eigenvalue weighted by Crippen LogP contribution is 2.57. The molecule has 2 fully saturated rings. The molecule has 0 radical (unpaired) electrons. The first-order chi connectivity index (χ1) is 15.1. The van der Waals surface area contributed by atoms with Crippen molar-refractivity contribution in [3.63, 3.8) is 0 Å². The average Bonchev–Trinajstić information content (AvgIpc) is 3.25. The Morgan fingerprint density at radius 1 is 1.53 bits per heavy atom. The summed E-state index contributed by atoms with van der Waals surface area (Å²) in [6, 6.07) is -0.999. The summed E-state index contributed by atoms with van der Waals surface area (Å²) >= 11 is 0. The molecule has 2 aliphatic rings. The Labute approximate surface area is 182 Å². The van der Waals surface area contributed by atoms with Crippen molar-refractivity contribution in [1.82, 2.24) is 24.6 Å². The van der Waals surface area contributed by atoms with Crippen LogP contribution in [0.3, 0.4) is 0 Å². The van der Waals surface area contributed by atoms with Crippen LogP contribution < -0.4 is 15.6 Å². The Balaban J connectivity index is 1.63. The van der Waals surface area contributed by atoms with Crippen LogP contribution in [0.2, 0.25) is 0 Å². The number of hydrogen-bond acceptors (Lipinski definition) is 11. The largest absolute Gasteiger partial charge is 0.476 e. The minimum atomic E-state index is -4.02. The van der Waals surface area contributed by atoms with Crippen molar-refractivity contribution in [3.05, 3.63) is 6.33 Å². The summed E-state index contributed by atoms with van der Waals surface area (Å²) in [7, 11) is -2.84. The van der Waals surface area contributed by atoms with Gasteiger partial charge in [0.15, 0.2) is 23.1 Å². The predicted molar refractivity (Wildman–Crippen MR) is 107 cm³/mol. The van der Waals surface area contributed by atoms with Gasteiger partial charge in [0.25, 0.3) is 0 Å². The zero-order valence-corrected chi connectivity index (χ0v) is 18.7. The van der Waals surface area contributed by atoms with E-state index in [1.54, 1.807) is 6.92 Å². The number of alkyl halides is 1. The fraction of sp³-hybridized carbons (Fsp3) is 0.647. The van der Waals surface area contributed by atoms with Crippen molar-refractivity contribution in [3.8, 4) is 5.88 Å². The van der Waals surface area contributed by atoms with Gasteiger partial charge in [0, 0.05) is 0 Å². The van der Waals surface area contributed by atoms with Gasteiger partial charge in [0.2, 0.25) is 11.8 Å². The highest BCUT2D eigenvalue weighted by Gasteiger charge is 2.61. The Hall–Kier alpha value is -2.38. The first kappa shape index (κ1) is 22.8. The summed E-state index contributed by atoms with van der Waals surface area (Å²) in [5.41, 5.74) is 4.09. The normalized spacial score (nSPS) is 33.1. The molecule has 4 rings (SSSR count). The Morgan fingerprint density at radius 2 is 2.28 bits per heavy atom. The molecule has 0 aromatic carbocycles. The van der Waals surface area contributed by atoms with E-state index in [-0.39, 0.29) is 29.6 Å². The summed E-state index contributed by atoms with van der Waals surface area (Å²) in [6.45, 7) is 4.54. The van der Waals surface area contributed by atoms with Gasteiger partial charge in [-0.2, -0.15) is 9.97 Å². The van der Waals surface area contributed by atoms with Gasteiger partial charge in [-0.25, -0.2) is 19.0 Å². The molecule has 0 saturated carbocycles. The number of methoxy groups -OCH3 is 1. The number of aromatic nitrogens is 4. The van der Waals surface area contributed by atoms with Crippen molar-refractivity contribution in [2.45, 2.75) is 50.9 Å². The van der Waals surface area contributed by atoms with E-state index in [4.69, 9.17) is 24.3 Å². The number of ether oxygens (including phenoxy) is 3. The maximum absolute atomic E-state index is 16.1. The third kappa shape index (κ3) is 3.82. The van der Waals surface area contributed by atoms with Gasteiger partial charge in [0.1, 0.15) is 18.2 Å². The van der Waals surface area contributed by atoms with Gasteiger partial charge >= 0.3 is 13.7 Å². The zero-order valence-electron chi connectivity index (χ0n) is 17.9. The standard InChI is InChI=1S/C17H24FN6O7P/c1-5-28-13-10-12(21-16(19)22-13)24(7-20-10)15-17(3,18)11-9(30-15)6-29-32(26,31-11)23-8(2)14(25)27-4/h7-9,11,15H,5-6H2,1-4H3,(H,23,26)(H2,19,21,22)/t8?,9-,11-,15-,17-,32?/m1/s1. The molecule has 2 aromatic rings. The Bertz CT molecular complexity index is 1080. The van der Waals surface area contributed by atoms with E-state index in [0.717, 1.165) is 0 Å². The number of carbonyl (C=O) groups excluding carboxylic acids is 1. The van der Waals surface area contributed by atoms with Gasteiger partial charge in [-0.05, 0) is 20.8 Å². The van der Waals surface area contributed by atoms with Gasteiger partial charge in [0.05, 0.1) is 26.7 Å². The molecule has 0 bridgehead atoms. The minimum absolute atomic E-state index is 0.0799. The monoisotopic (exact) mass is 474 g/mol. The van der Waals surface area contributed by atoms with Gasteiger partial charge < -0.3 is 19.9 Å². The summed E-state index contributed by atoms with van der Waals surface area (Å²) in [6.07, 6.45) is -2.07. The lowest BCUT2D eigenvalue weighted by Crippen LogP contribution is -2.47. The maximum atomic E-state index is 16.1. The molecule has 2 unspecified atom stereocenters. The van der Waals surface area contributed by atoms with E-state index in [1.807, 2.05) is 0 Å². The molecule has 32 heavy (non-hydrogen) atoms. The molecule has 6 atom stereocenters. The number of nitrogen functional groups attached to an aromatic ring is 1. The molecule has 2 aromatic heterocycles. The van der Waals surface area contributed by atoms with E-state index >= 15 is 4.39 Å². The van der Waals surface area contributed by atoms with E-state index in [9.17, 15) is 9.36 Å². The van der Waals surface area contributed by atoms with E-state index < -0.39 is 43.9 Å². The lowest BCUT2D eigenvalue weighted by atomic mass is 9.98. The average molecular weight is 474 g/mol. The van der Waals surface area contributed by atoms with Crippen LogP contribution in [0.15, 0.2) is 6.33 Å². The summed E-state index contributed by atoms with van der Waals surface area (Å²) in [4.78, 5) is 24.0. The Morgan fingerprint density at radius 3 is 2.97 bits per heavy atom. The van der Waals surface area contributed by atoms with Gasteiger partial charge in [-0.3, -0.25) is 18.4 Å². The van der Waals surface area contributed by atoms with Crippen LogP contribution in [0.1, 0.15) is 27.0 Å². The maximum Gasteiger partial charge on any atom is 0.406 e. The SMILES string of the molecule is CCOc1nc(N)nc2c1ncn2[C@@H]1O[C@@H]2COP(=O)(NC(C)C(=O)OC)O[C@H]2[C@@]1(C)F. The number of nitrogens with two attached hydrogens (primary N) is 1. The predicted octanol–water partition coefficient (Wildman–Crippen LogP) is 1.11. The highest BCUT2D eigenvalue weighted by molar-refractivity contribution is 7.51. The van der Waals surface area contributed by atoms with Crippen molar-refractivity contribution in [2.24, 2.45) is 0 Å². The van der Waals surface area contributed by atoms with Crippen LogP contribution in [0.4, 0.5) is 10.3 Å². The van der Waals surface area contributed by atoms with Crippen LogP contribution in [0.25, 0.3) is 11.2 Å². The topological polar surface area (TPSA) is 162 Å². The number of rotatable bonds is 6. The summed E-state index contributed by atoms with van der Waals surface area (Å²) in [5, 5.41) is 2.45. The second-order valence-corrected chi connectivity index (χ2v) is 9.24. The second-order valence-electron chi connectivity index (χ2n) is 7.52. The molecule has 0 spiro atoms. The number of esters is 1. The van der Waals surface area contributed by atoms with Crippen LogP contribution in [0.5, 0.6) is 5.88 Å². The number of halogens is 1. The van der Waals surface area contributed by atoms with E-state index in [1.165, 1.54) is 31.9 Å². The van der Waals surface area contributed by atoms with Crippen LogP contribution >= 0.6 is 7.75 Å². The smallest absolute Gasteiger partial charge is 0.406 e. The molecule has 0 amide bonds. The van der Waals surface area contributed by atoms with E-state index in [2.05, 4.69) is 24.8 Å². The quantitative estimate of drug-likeness (QED) is 0.454. The Kier molecular flexibility index (Phi) is 5.84. The van der Waals surface area contributed by atoms with Crippen molar-refractivity contribution >= 4 is 30.8 Å². The number of hydrogen-bond donors (Lipinski definition) is 2. The fourth-order valence-electron chi connectivity index (χ4n) is 3.71. The number of fused-ring (bicyclic) bond motifs is 2. The molecule has 176 valence electrons. The lowest BCUT2D eigenvalue weighted by Gasteiger charge is -2.35. The first-order valence-electron chi connectivity index (χ1n) is 9.85. The second kappa shape index (κ2) is 8.19. The van der Waals surface area contributed by atoms with Crippen molar-refractivity contribution in [1.29, 1.82) is 0 Å². The summed E-state index contributed by atoms with van der Waals surface area (Å²) in [5.74, 6) is -0.594. The van der Waals surface area contributed by atoms with Gasteiger partial charge in [-0.15, -0.1) is 0 Å². The molecule has 15 heteroatoms. The van der Waals surface area contributed by atoms with Crippen LogP contribution in [-0.2, 0) is 27.9 Å². The summed E-state index contributed by atoms with van der Waals surface area (Å²) < 4.78 is 57.1. The minimum Gasteiger partial charge on any atom is -0.476 e. The van der Waals surface area contributed by atoms with Crippen LogP contribution in [0, 0.1) is 0 Å². The first-order valence-corrected chi connectivity index (χ1v) is 11.4. The van der Waals surface area contributed by atoms with Crippen molar-refractivity contribution in [2.75, 3.05) is 26.1 Å². The number of anilines is 1. The molecule has 13 nitrogen and oxygen atoms in total. The van der Waals surface area contributed by atoms with Crippen molar-refractivity contribution < 1.29 is 37.0 Å². The lowest BCUT2D eigenvalue weighted by molar-refractivity contribution is -0.142. The third-order valence-corrected chi connectivity index (χ3v) is 6.89. The van der Waals surface area contributed by atoms with E-state index in [0.29, 0.717) is 6.61 Å². The van der Waals surface area contributed by atoms with Gasteiger partial charge in [-0.1, -0.05) is 0 Å².